The van der Waals surface area contributed by atoms with Crippen molar-refractivity contribution in [2.24, 2.45) is 12.8 Å². The highest BCUT2D eigenvalue weighted by Crippen LogP contribution is 2.25. The lowest BCUT2D eigenvalue weighted by Gasteiger charge is -2.25. The number of aryl methyl sites for hydroxylation is 2. The summed E-state index contributed by atoms with van der Waals surface area (Å²) in [7, 11) is 1.84. The SMILES string of the molecule is Cn1cc(CCC(C)(N)c2cc(F)cc(F)c2)cn1. The van der Waals surface area contributed by atoms with Gasteiger partial charge in [0.2, 0.25) is 0 Å². The normalized spacial score (nSPS) is 14.4. The molecular weight excluding hydrogens is 248 g/mol. The summed E-state index contributed by atoms with van der Waals surface area (Å²) >= 11 is 0. The molecule has 1 aromatic heterocycles. The van der Waals surface area contributed by atoms with Crippen molar-refractivity contribution < 1.29 is 8.78 Å². The molecule has 2 rings (SSSR count). The van der Waals surface area contributed by atoms with Crippen LogP contribution in [0, 0.1) is 11.6 Å². The summed E-state index contributed by atoms with van der Waals surface area (Å²) < 4.78 is 28.1. The van der Waals surface area contributed by atoms with Crippen LogP contribution in [0.15, 0.2) is 30.6 Å². The zero-order valence-electron chi connectivity index (χ0n) is 11.0. The van der Waals surface area contributed by atoms with Gasteiger partial charge in [-0.1, -0.05) is 0 Å². The van der Waals surface area contributed by atoms with Crippen molar-refractivity contribution >= 4 is 0 Å². The monoisotopic (exact) mass is 265 g/mol. The van der Waals surface area contributed by atoms with Gasteiger partial charge in [0.25, 0.3) is 0 Å². The molecule has 5 heteroatoms. The summed E-state index contributed by atoms with van der Waals surface area (Å²) in [5, 5.41) is 4.07. The minimum absolute atomic E-state index is 0.467. The Morgan fingerprint density at radius 1 is 1.26 bits per heavy atom. The van der Waals surface area contributed by atoms with Gasteiger partial charge in [-0.25, -0.2) is 8.78 Å². The first kappa shape index (κ1) is 13.7. The van der Waals surface area contributed by atoms with E-state index in [1.807, 2.05) is 13.2 Å². The zero-order chi connectivity index (χ0) is 14.0. The topological polar surface area (TPSA) is 43.8 Å². The molecule has 0 saturated carbocycles. The van der Waals surface area contributed by atoms with E-state index in [9.17, 15) is 8.78 Å². The van der Waals surface area contributed by atoms with Crippen LogP contribution in [0.1, 0.15) is 24.5 Å². The zero-order valence-corrected chi connectivity index (χ0v) is 11.0. The lowest BCUT2D eigenvalue weighted by atomic mass is 9.87. The Balaban J connectivity index is 2.12. The molecule has 19 heavy (non-hydrogen) atoms. The molecule has 1 atom stereocenters. The van der Waals surface area contributed by atoms with Crippen molar-refractivity contribution in [3.63, 3.8) is 0 Å². The van der Waals surface area contributed by atoms with E-state index >= 15 is 0 Å². The van der Waals surface area contributed by atoms with Gasteiger partial charge >= 0.3 is 0 Å². The smallest absolute Gasteiger partial charge is 0.126 e. The predicted molar refractivity (Wildman–Crippen MR) is 69.4 cm³/mol. The number of rotatable bonds is 4. The third-order valence-electron chi connectivity index (χ3n) is 3.21. The lowest BCUT2D eigenvalue weighted by molar-refractivity contribution is 0.444. The van der Waals surface area contributed by atoms with Gasteiger partial charge in [0.1, 0.15) is 11.6 Å². The van der Waals surface area contributed by atoms with Crippen LogP contribution in [0.5, 0.6) is 0 Å². The lowest BCUT2D eigenvalue weighted by Crippen LogP contribution is -2.33. The van der Waals surface area contributed by atoms with Crippen molar-refractivity contribution in [1.29, 1.82) is 0 Å². The molecule has 1 unspecified atom stereocenters. The van der Waals surface area contributed by atoms with Gasteiger partial charge in [0, 0.05) is 24.8 Å². The molecule has 102 valence electrons. The average Bonchev–Trinajstić information content (AvgIpc) is 2.71. The van der Waals surface area contributed by atoms with Crippen LogP contribution in [0.2, 0.25) is 0 Å². The Kier molecular flexibility index (Phi) is 3.66. The third kappa shape index (κ3) is 3.38. The molecule has 0 aliphatic rings. The summed E-state index contributed by atoms with van der Waals surface area (Å²) in [6, 6.07) is 3.42. The van der Waals surface area contributed by atoms with Gasteiger partial charge in [0.05, 0.1) is 6.20 Å². The molecule has 1 aromatic carbocycles. The van der Waals surface area contributed by atoms with Gasteiger partial charge in [-0.05, 0) is 43.0 Å². The summed E-state index contributed by atoms with van der Waals surface area (Å²) in [6.07, 6.45) is 4.96. The van der Waals surface area contributed by atoms with E-state index in [1.165, 1.54) is 12.1 Å². The van der Waals surface area contributed by atoms with Gasteiger partial charge in [0.15, 0.2) is 0 Å². The Morgan fingerprint density at radius 3 is 2.42 bits per heavy atom. The van der Waals surface area contributed by atoms with Gasteiger partial charge in [-0.2, -0.15) is 5.10 Å². The Hall–Kier alpha value is -1.75. The molecule has 0 radical (unpaired) electrons. The largest absolute Gasteiger partial charge is 0.322 e. The number of hydrogen-bond acceptors (Lipinski definition) is 2. The Morgan fingerprint density at radius 2 is 1.89 bits per heavy atom. The molecule has 0 aliphatic carbocycles. The predicted octanol–water partition coefficient (Wildman–Crippen LogP) is 2.51. The fourth-order valence-electron chi connectivity index (χ4n) is 2.03. The van der Waals surface area contributed by atoms with Crippen LogP contribution in [0.25, 0.3) is 0 Å². The first-order valence-corrected chi connectivity index (χ1v) is 6.10. The first-order valence-electron chi connectivity index (χ1n) is 6.10. The van der Waals surface area contributed by atoms with Crippen LogP contribution in [0.3, 0.4) is 0 Å². The van der Waals surface area contributed by atoms with E-state index < -0.39 is 17.2 Å². The molecule has 3 nitrogen and oxygen atoms in total. The molecular formula is C14H17F2N3. The first-order chi connectivity index (χ1) is 8.87. The van der Waals surface area contributed by atoms with E-state index in [-0.39, 0.29) is 0 Å². The minimum Gasteiger partial charge on any atom is -0.322 e. The highest BCUT2D eigenvalue weighted by molar-refractivity contribution is 5.25. The molecule has 0 saturated heterocycles. The molecule has 0 bridgehead atoms. The third-order valence-corrected chi connectivity index (χ3v) is 3.21. The highest BCUT2D eigenvalue weighted by Gasteiger charge is 2.22. The molecule has 0 aliphatic heterocycles. The summed E-state index contributed by atoms with van der Waals surface area (Å²) in [5.74, 6) is -1.21. The standard InChI is InChI=1S/C14H17F2N3/c1-14(17,4-3-10-8-18-19(2)9-10)11-5-12(15)7-13(16)6-11/h5-9H,3-4,17H2,1-2H3. The number of benzene rings is 1. The molecule has 2 N–H and O–H groups in total. The Labute approximate surface area is 111 Å². The maximum absolute atomic E-state index is 13.2. The number of aromatic nitrogens is 2. The highest BCUT2D eigenvalue weighted by atomic mass is 19.1. The van der Waals surface area contributed by atoms with Crippen LogP contribution in [-0.2, 0) is 19.0 Å². The average molecular weight is 265 g/mol. The van der Waals surface area contributed by atoms with Crippen molar-refractivity contribution in [2.75, 3.05) is 0 Å². The number of halogens is 2. The van der Waals surface area contributed by atoms with E-state index in [2.05, 4.69) is 5.10 Å². The van der Waals surface area contributed by atoms with Gasteiger partial charge in [-0.15, -0.1) is 0 Å². The molecule has 0 fully saturated rings. The van der Waals surface area contributed by atoms with Crippen LogP contribution in [0.4, 0.5) is 8.78 Å². The fourth-order valence-corrected chi connectivity index (χ4v) is 2.03. The summed E-state index contributed by atoms with van der Waals surface area (Å²) in [6.45, 7) is 1.78. The van der Waals surface area contributed by atoms with Crippen LogP contribution < -0.4 is 5.73 Å². The second-order valence-electron chi connectivity index (χ2n) is 5.10. The van der Waals surface area contributed by atoms with Crippen molar-refractivity contribution in [2.45, 2.75) is 25.3 Å². The fraction of sp³-hybridized carbons (Fsp3) is 0.357. The van der Waals surface area contributed by atoms with Gasteiger partial charge < -0.3 is 5.73 Å². The molecule has 0 amide bonds. The molecule has 2 aromatic rings. The number of nitrogens with zero attached hydrogens (tertiary/aromatic N) is 2. The summed E-state index contributed by atoms with van der Waals surface area (Å²) in [4.78, 5) is 0. The quantitative estimate of drug-likeness (QED) is 0.923. The van der Waals surface area contributed by atoms with E-state index in [0.29, 0.717) is 18.4 Å². The molecule has 0 spiro atoms. The summed E-state index contributed by atoms with van der Waals surface area (Å²) in [5.41, 5.74) is 6.91. The van der Waals surface area contributed by atoms with E-state index in [4.69, 9.17) is 5.73 Å². The second-order valence-corrected chi connectivity index (χ2v) is 5.10. The maximum atomic E-state index is 13.2. The van der Waals surface area contributed by atoms with Crippen molar-refractivity contribution in [1.82, 2.24) is 9.78 Å². The van der Waals surface area contributed by atoms with E-state index in [0.717, 1.165) is 11.6 Å². The van der Waals surface area contributed by atoms with Crippen molar-refractivity contribution in [3.05, 3.63) is 53.4 Å². The number of nitrogens with two attached hydrogens (primary N) is 1. The Bertz CT molecular complexity index is 556. The maximum Gasteiger partial charge on any atom is 0.126 e. The van der Waals surface area contributed by atoms with Crippen molar-refractivity contribution in [3.8, 4) is 0 Å². The van der Waals surface area contributed by atoms with Gasteiger partial charge in [-0.3, -0.25) is 4.68 Å². The molecule has 1 heterocycles. The number of hydrogen-bond donors (Lipinski definition) is 1. The van der Waals surface area contributed by atoms with Crippen LogP contribution in [-0.4, -0.2) is 9.78 Å². The second kappa shape index (κ2) is 5.09. The van der Waals surface area contributed by atoms with Crippen LogP contribution >= 0.6 is 0 Å². The van der Waals surface area contributed by atoms with E-state index in [1.54, 1.807) is 17.8 Å². The minimum atomic E-state index is -0.779.